The van der Waals surface area contributed by atoms with Crippen molar-refractivity contribution in [3.63, 3.8) is 0 Å². The summed E-state index contributed by atoms with van der Waals surface area (Å²) in [6.07, 6.45) is -0.279. The molecule has 0 saturated heterocycles. The van der Waals surface area contributed by atoms with E-state index in [2.05, 4.69) is 10.6 Å². The Bertz CT molecular complexity index is 730. The fourth-order valence-corrected chi connectivity index (χ4v) is 2.21. The van der Waals surface area contributed by atoms with Gasteiger partial charge in [-0.15, -0.1) is 0 Å². The van der Waals surface area contributed by atoms with Crippen LogP contribution in [-0.2, 0) is 9.59 Å². The van der Waals surface area contributed by atoms with E-state index in [1.807, 2.05) is 13.8 Å². The van der Waals surface area contributed by atoms with Crippen LogP contribution in [0.2, 0.25) is 5.02 Å². The van der Waals surface area contributed by atoms with Gasteiger partial charge in [-0.05, 0) is 55.8 Å². The summed E-state index contributed by atoms with van der Waals surface area (Å²) in [6.45, 7) is 4.35. The lowest BCUT2D eigenvalue weighted by molar-refractivity contribution is -0.123. The molecular formula is C18H19ClN2O3. The fourth-order valence-electron chi connectivity index (χ4n) is 2.03. The number of carbonyl (C=O) groups excluding carboxylic acids is 2. The highest BCUT2D eigenvalue weighted by Gasteiger charge is 2.10. The summed E-state index contributed by atoms with van der Waals surface area (Å²) in [7, 11) is 0. The van der Waals surface area contributed by atoms with E-state index >= 15 is 0 Å². The molecule has 2 rings (SSSR count). The Morgan fingerprint density at radius 3 is 2.17 bits per heavy atom. The zero-order valence-electron chi connectivity index (χ0n) is 13.6. The topological polar surface area (TPSA) is 67.4 Å². The third-order valence-corrected chi connectivity index (χ3v) is 3.63. The molecule has 0 aromatic heterocycles. The normalized spacial score (nSPS) is 10.1. The second kappa shape index (κ2) is 8.36. The van der Waals surface area contributed by atoms with Crippen LogP contribution in [0.1, 0.15) is 18.9 Å². The van der Waals surface area contributed by atoms with Crippen LogP contribution in [0.25, 0.3) is 0 Å². The summed E-state index contributed by atoms with van der Waals surface area (Å²) in [5.41, 5.74) is 2.09. The van der Waals surface area contributed by atoms with Gasteiger partial charge in [-0.25, -0.2) is 0 Å². The highest BCUT2D eigenvalue weighted by molar-refractivity contribution is 6.31. The molecule has 0 radical (unpaired) electrons. The van der Waals surface area contributed by atoms with Gasteiger partial charge >= 0.3 is 0 Å². The van der Waals surface area contributed by atoms with Crippen LogP contribution in [0.15, 0.2) is 42.5 Å². The maximum atomic E-state index is 11.9. The number of rotatable bonds is 6. The zero-order chi connectivity index (χ0) is 17.5. The van der Waals surface area contributed by atoms with Crippen molar-refractivity contribution < 1.29 is 14.3 Å². The van der Waals surface area contributed by atoms with Crippen molar-refractivity contribution in [2.45, 2.75) is 20.3 Å². The summed E-state index contributed by atoms with van der Waals surface area (Å²) in [6, 6.07) is 12.2. The Kier molecular flexibility index (Phi) is 6.21. The van der Waals surface area contributed by atoms with Gasteiger partial charge in [0.2, 0.25) is 11.8 Å². The van der Waals surface area contributed by atoms with Gasteiger partial charge in [0.15, 0.2) is 0 Å². The van der Waals surface area contributed by atoms with Crippen molar-refractivity contribution in [2.75, 3.05) is 17.2 Å². The second-order valence-electron chi connectivity index (χ2n) is 5.19. The standard InChI is InChI=1S/C18H19ClN2O3/c1-3-24-15-8-6-13(7-9-15)20-17(22)11-18(23)21-14-5-4-12(2)16(19)10-14/h4-10H,3,11H2,1-2H3,(H,20,22)(H,21,23). The predicted octanol–water partition coefficient (Wildman–Crippen LogP) is 4.01. The molecule has 0 aliphatic heterocycles. The number of benzene rings is 2. The van der Waals surface area contributed by atoms with E-state index in [1.165, 1.54) is 0 Å². The summed E-state index contributed by atoms with van der Waals surface area (Å²) >= 11 is 6.00. The lowest BCUT2D eigenvalue weighted by Crippen LogP contribution is -2.21. The van der Waals surface area contributed by atoms with E-state index in [0.717, 1.165) is 11.3 Å². The second-order valence-corrected chi connectivity index (χ2v) is 5.60. The van der Waals surface area contributed by atoms with Gasteiger partial charge in [-0.1, -0.05) is 17.7 Å². The maximum Gasteiger partial charge on any atom is 0.233 e. The molecule has 0 aliphatic rings. The number of hydrogen-bond donors (Lipinski definition) is 2. The first-order chi connectivity index (χ1) is 11.5. The number of ether oxygens (including phenoxy) is 1. The highest BCUT2D eigenvalue weighted by atomic mass is 35.5. The molecule has 0 fully saturated rings. The number of nitrogens with one attached hydrogen (secondary N) is 2. The Morgan fingerprint density at radius 1 is 1.00 bits per heavy atom. The average molecular weight is 347 g/mol. The first kappa shape index (κ1) is 17.8. The van der Waals surface area contributed by atoms with E-state index in [0.29, 0.717) is 23.0 Å². The van der Waals surface area contributed by atoms with Gasteiger partial charge < -0.3 is 15.4 Å². The van der Waals surface area contributed by atoms with Gasteiger partial charge in [0, 0.05) is 16.4 Å². The van der Waals surface area contributed by atoms with Crippen molar-refractivity contribution in [3.8, 4) is 5.75 Å². The number of amides is 2. The smallest absolute Gasteiger partial charge is 0.233 e. The van der Waals surface area contributed by atoms with Crippen LogP contribution >= 0.6 is 11.6 Å². The molecule has 0 bridgehead atoms. The summed E-state index contributed by atoms with van der Waals surface area (Å²) in [5, 5.41) is 5.88. The van der Waals surface area contributed by atoms with E-state index in [-0.39, 0.29) is 6.42 Å². The molecule has 0 atom stereocenters. The van der Waals surface area contributed by atoms with Gasteiger partial charge in [0.1, 0.15) is 12.2 Å². The molecule has 0 aliphatic carbocycles. The summed E-state index contributed by atoms with van der Waals surface area (Å²) in [4.78, 5) is 23.8. The molecule has 6 heteroatoms. The summed E-state index contributed by atoms with van der Waals surface area (Å²) < 4.78 is 5.33. The molecule has 0 heterocycles. The molecule has 24 heavy (non-hydrogen) atoms. The van der Waals surface area contributed by atoms with Crippen molar-refractivity contribution in [3.05, 3.63) is 53.1 Å². The molecule has 0 unspecified atom stereocenters. The molecule has 126 valence electrons. The van der Waals surface area contributed by atoms with Crippen LogP contribution in [0.5, 0.6) is 5.75 Å². The monoisotopic (exact) mass is 346 g/mol. The number of carbonyl (C=O) groups is 2. The first-order valence-corrected chi connectivity index (χ1v) is 7.94. The lowest BCUT2D eigenvalue weighted by Gasteiger charge is -2.08. The number of halogens is 1. The van der Waals surface area contributed by atoms with Gasteiger partial charge in [0.25, 0.3) is 0 Å². The molecule has 2 N–H and O–H groups in total. The van der Waals surface area contributed by atoms with E-state index in [4.69, 9.17) is 16.3 Å². The number of aryl methyl sites for hydroxylation is 1. The van der Waals surface area contributed by atoms with E-state index < -0.39 is 11.8 Å². The lowest BCUT2D eigenvalue weighted by atomic mass is 10.2. The molecule has 5 nitrogen and oxygen atoms in total. The van der Waals surface area contributed by atoms with E-state index in [1.54, 1.807) is 42.5 Å². The molecule has 2 aromatic carbocycles. The predicted molar refractivity (Wildman–Crippen MR) is 95.7 cm³/mol. The third kappa shape index (κ3) is 5.28. The summed E-state index contributed by atoms with van der Waals surface area (Å²) in [5.74, 6) is -0.0716. The van der Waals surface area contributed by atoms with E-state index in [9.17, 15) is 9.59 Å². The molecule has 0 saturated carbocycles. The van der Waals surface area contributed by atoms with Gasteiger partial charge in [0.05, 0.1) is 6.61 Å². The Morgan fingerprint density at radius 2 is 1.58 bits per heavy atom. The van der Waals surface area contributed by atoms with Crippen LogP contribution in [-0.4, -0.2) is 18.4 Å². The minimum Gasteiger partial charge on any atom is -0.494 e. The first-order valence-electron chi connectivity index (χ1n) is 7.56. The molecule has 0 spiro atoms. The van der Waals surface area contributed by atoms with Crippen molar-refractivity contribution >= 4 is 34.8 Å². The largest absolute Gasteiger partial charge is 0.494 e. The Balaban J connectivity index is 1.86. The quantitative estimate of drug-likeness (QED) is 0.776. The van der Waals surface area contributed by atoms with Crippen molar-refractivity contribution in [1.82, 2.24) is 0 Å². The third-order valence-electron chi connectivity index (χ3n) is 3.23. The Hall–Kier alpha value is -2.53. The van der Waals surface area contributed by atoms with Crippen LogP contribution in [0, 0.1) is 6.92 Å². The number of anilines is 2. The minimum absolute atomic E-state index is 0.279. The van der Waals surface area contributed by atoms with Gasteiger partial charge in [-0.2, -0.15) is 0 Å². The molecule has 2 amide bonds. The average Bonchev–Trinajstić information content (AvgIpc) is 2.53. The number of hydrogen-bond acceptors (Lipinski definition) is 3. The zero-order valence-corrected chi connectivity index (χ0v) is 14.3. The fraction of sp³-hybridized carbons (Fsp3) is 0.222. The van der Waals surface area contributed by atoms with Crippen LogP contribution in [0.4, 0.5) is 11.4 Å². The molecular weight excluding hydrogens is 328 g/mol. The SMILES string of the molecule is CCOc1ccc(NC(=O)CC(=O)Nc2ccc(C)c(Cl)c2)cc1. The Labute approximate surface area is 146 Å². The molecule has 2 aromatic rings. The minimum atomic E-state index is -0.404. The van der Waals surface area contributed by atoms with Crippen molar-refractivity contribution in [1.29, 1.82) is 0 Å². The van der Waals surface area contributed by atoms with Crippen LogP contribution < -0.4 is 15.4 Å². The van der Waals surface area contributed by atoms with Gasteiger partial charge in [-0.3, -0.25) is 9.59 Å². The van der Waals surface area contributed by atoms with Crippen LogP contribution in [0.3, 0.4) is 0 Å². The maximum absolute atomic E-state index is 11.9. The highest BCUT2D eigenvalue weighted by Crippen LogP contribution is 2.20. The van der Waals surface area contributed by atoms with Crippen molar-refractivity contribution in [2.24, 2.45) is 0 Å².